The molecule has 1 N–H and O–H groups in total. The number of thioether (sulfide) groups is 1. The molecule has 0 radical (unpaired) electrons. The zero-order valence-corrected chi connectivity index (χ0v) is 27.8. The summed E-state index contributed by atoms with van der Waals surface area (Å²) in [6.45, 7) is 7.56. The predicted molar refractivity (Wildman–Crippen MR) is 180 cm³/mol. The first-order valence-electron chi connectivity index (χ1n) is 15.4. The number of methoxy groups -OCH3 is 1. The molecule has 5 rings (SSSR count). The second-order valence-electron chi connectivity index (χ2n) is 11.5. The highest BCUT2D eigenvalue weighted by atomic mass is 32.2. The smallest absolute Gasteiger partial charge is 0.497 e. The fraction of sp³-hybridized carbons (Fsp3) is 0.353. The number of benzene rings is 3. The van der Waals surface area contributed by atoms with E-state index in [2.05, 4.69) is 45.9 Å². The molecule has 48 heavy (non-hydrogen) atoms. The van der Waals surface area contributed by atoms with Crippen molar-refractivity contribution in [2.45, 2.75) is 39.5 Å². The molecular formula is C34H37F3N6O4S. The minimum absolute atomic E-state index is 0.133. The summed E-state index contributed by atoms with van der Waals surface area (Å²) in [6.07, 6.45) is -2.53. The monoisotopic (exact) mass is 682 g/mol. The van der Waals surface area contributed by atoms with Gasteiger partial charge in [-0.1, -0.05) is 62.9 Å². The third-order valence-corrected chi connectivity index (χ3v) is 8.42. The first kappa shape index (κ1) is 34.8. The fourth-order valence-electron chi connectivity index (χ4n) is 5.09. The van der Waals surface area contributed by atoms with E-state index in [1.54, 1.807) is 7.11 Å². The highest BCUT2D eigenvalue weighted by Crippen LogP contribution is 2.34. The summed E-state index contributed by atoms with van der Waals surface area (Å²) < 4.78 is 54.0. The molecule has 254 valence electrons. The number of alkyl halides is 3. The van der Waals surface area contributed by atoms with E-state index < -0.39 is 12.4 Å². The molecule has 0 aliphatic carbocycles. The van der Waals surface area contributed by atoms with Crippen molar-refractivity contribution in [1.29, 1.82) is 0 Å². The van der Waals surface area contributed by atoms with Crippen molar-refractivity contribution in [3.63, 3.8) is 0 Å². The van der Waals surface area contributed by atoms with Gasteiger partial charge in [-0.15, -0.1) is 18.3 Å². The van der Waals surface area contributed by atoms with Gasteiger partial charge in [0.05, 0.1) is 25.1 Å². The Morgan fingerprint density at radius 1 is 1.06 bits per heavy atom. The molecule has 1 aliphatic heterocycles. The topological polar surface area (TPSA) is 103 Å². The lowest BCUT2D eigenvalue weighted by atomic mass is 10.00. The molecule has 2 amide bonds. The van der Waals surface area contributed by atoms with E-state index in [0.717, 1.165) is 28.8 Å². The summed E-state index contributed by atoms with van der Waals surface area (Å²) in [7, 11) is 1.63. The summed E-state index contributed by atoms with van der Waals surface area (Å²) in [5.41, 5.74) is 4.41. The summed E-state index contributed by atoms with van der Waals surface area (Å²) in [4.78, 5) is 23.7. The SMILES string of the molecule is COc1ccc(C(C)C)c(N2COCCS/C2=N\C(=O)NCC(C)Cc2ccc(-c3ncn(-c4ccc(OC(F)(F)F)cc4)n3)cc2)c1. The zero-order valence-electron chi connectivity index (χ0n) is 27.0. The van der Waals surface area contributed by atoms with Crippen molar-refractivity contribution >= 4 is 28.6 Å². The number of anilines is 1. The number of aliphatic imine (C=N–C) groups is 1. The van der Waals surface area contributed by atoms with E-state index in [1.807, 2.05) is 47.4 Å². The second kappa shape index (κ2) is 15.6. The van der Waals surface area contributed by atoms with Crippen LogP contribution in [0, 0.1) is 5.92 Å². The van der Waals surface area contributed by atoms with E-state index in [1.165, 1.54) is 47.0 Å². The molecule has 1 saturated heterocycles. The van der Waals surface area contributed by atoms with Gasteiger partial charge < -0.3 is 19.5 Å². The minimum atomic E-state index is -4.75. The predicted octanol–water partition coefficient (Wildman–Crippen LogP) is 7.44. The second-order valence-corrected chi connectivity index (χ2v) is 12.6. The number of aromatic nitrogens is 3. The van der Waals surface area contributed by atoms with Gasteiger partial charge >= 0.3 is 12.4 Å². The summed E-state index contributed by atoms with van der Waals surface area (Å²) in [5, 5.41) is 7.99. The Kier molecular flexibility index (Phi) is 11.3. The van der Waals surface area contributed by atoms with E-state index in [0.29, 0.717) is 41.3 Å². The van der Waals surface area contributed by atoms with Gasteiger partial charge in [0.15, 0.2) is 11.0 Å². The number of carbonyl (C=O) groups is 1. The lowest BCUT2D eigenvalue weighted by molar-refractivity contribution is -0.274. The minimum Gasteiger partial charge on any atom is -0.497 e. The molecule has 10 nitrogen and oxygen atoms in total. The number of amides is 2. The summed E-state index contributed by atoms with van der Waals surface area (Å²) in [5.74, 6) is 1.94. The largest absolute Gasteiger partial charge is 0.573 e. The molecule has 1 unspecified atom stereocenters. The molecule has 1 fully saturated rings. The lowest BCUT2D eigenvalue weighted by Crippen LogP contribution is -2.33. The highest BCUT2D eigenvalue weighted by Gasteiger charge is 2.31. The van der Waals surface area contributed by atoms with E-state index >= 15 is 0 Å². The molecule has 0 spiro atoms. The molecule has 2 heterocycles. The number of urea groups is 1. The van der Waals surface area contributed by atoms with Crippen LogP contribution in [0.3, 0.4) is 0 Å². The van der Waals surface area contributed by atoms with Crippen LogP contribution in [0.1, 0.15) is 37.8 Å². The van der Waals surface area contributed by atoms with Crippen LogP contribution < -0.4 is 19.7 Å². The van der Waals surface area contributed by atoms with Gasteiger partial charge in [-0.25, -0.2) is 14.5 Å². The van der Waals surface area contributed by atoms with Gasteiger partial charge in [0.25, 0.3) is 0 Å². The maximum atomic E-state index is 13.0. The average molecular weight is 683 g/mol. The van der Waals surface area contributed by atoms with Crippen molar-refractivity contribution in [1.82, 2.24) is 20.1 Å². The van der Waals surface area contributed by atoms with Crippen LogP contribution >= 0.6 is 11.8 Å². The van der Waals surface area contributed by atoms with Crippen molar-refractivity contribution in [3.05, 3.63) is 84.2 Å². The van der Waals surface area contributed by atoms with Crippen molar-refractivity contribution in [2.24, 2.45) is 10.9 Å². The van der Waals surface area contributed by atoms with E-state index in [-0.39, 0.29) is 24.3 Å². The fourth-order valence-corrected chi connectivity index (χ4v) is 5.93. The Morgan fingerprint density at radius 3 is 2.48 bits per heavy atom. The van der Waals surface area contributed by atoms with Crippen molar-refractivity contribution in [2.75, 3.05) is 37.6 Å². The quantitative estimate of drug-likeness (QED) is 0.184. The van der Waals surface area contributed by atoms with Crippen LogP contribution in [0.15, 0.2) is 78.0 Å². The number of amidine groups is 1. The first-order chi connectivity index (χ1) is 23.0. The maximum absolute atomic E-state index is 13.0. The van der Waals surface area contributed by atoms with E-state index in [4.69, 9.17) is 9.47 Å². The molecule has 1 aromatic heterocycles. The highest BCUT2D eigenvalue weighted by molar-refractivity contribution is 8.14. The number of nitrogens with one attached hydrogen (secondary N) is 1. The van der Waals surface area contributed by atoms with Gasteiger partial charge in [-0.05, 0) is 59.7 Å². The molecule has 4 aromatic rings. The molecule has 1 atom stereocenters. The van der Waals surface area contributed by atoms with Gasteiger partial charge in [0, 0.05) is 23.9 Å². The number of rotatable bonds is 10. The molecule has 1 aliphatic rings. The summed E-state index contributed by atoms with van der Waals surface area (Å²) >= 11 is 1.48. The number of hydrogen-bond acceptors (Lipinski definition) is 7. The normalized spacial score (nSPS) is 15.3. The van der Waals surface area contributed by atoms with Gasteiger partial charge in [0.2, 0.25) is 0 Å². The van der Waals surface area contributed by atoms with Crippen LogP contribution in [-0.2, 0) is 11.2 Å². The van der Waals surface area contributed by atoms with Gasteiger partial charge in [0.1, 0.15) is 24.6 Å². The van der Waals surface area contributed by atoms with Gasteiger partial charge in [-0.2, -0.15) is 4.99 Å². The number of ether oxygens (including phenoxy) is 3. The standard InChI is InChI=1S/C34H37F3N6O4S/c1-22(2)29-14-13-28(45-4)18-30(29)42-21-46-15-16-48-33(42)40-32(44)38-19-23(3)17-24-5-7-25(8-6-24)31-39-20-43(41-31)26-9-11-27(12-10-26)47-34(35,36)37/h5-14,18,20,22-23H,15-17,19,21H2,1-4H3,(H,38,44)/b40-33-. The molecule has 0 bridgehead atoms. The average Bonchev–Trinajstić information content (AvgIpc) is 3.44. The maximum Gasteiger partial charge on any atom is 0.573 e. The molecule has 3 aromatic carbocycles. The van der Waals surface area contributed by atoms with Crippen LogP contribution in [-0.4, -0.2) is 65.1 Å². The molecule has 0 saturated carbocycles. The number of hydrogen-bond donors (Lipinski definition) is 1. The van der Waals surface area contributed by atoms with Crippen LogP contribution in [0.4, 0.5) is 23.7 Å². The van der Waals surface area contributed by atoms with Crippen molar-refractivity contribution < 1.29 is 32.2 Å². The van der Waals surface area contributed by atoms with Crippen molar-refractivity contribution in [3.8, 4) is 28.6 Å². The van der Waals surface area contributed by atoms with E-state index in [9.17, 15) is 18.0 Å². The first-order valence-corrected chi connectivity index (χ1v) is 16.4. The Bertz CT molecular complexity index is 1710. The Morgan fingerprint density at radius 2 is 1.79 bits per heavy atom. The Labute approximate surface area is 281 Å². The third-order valence-electron chi connectivity index (χ3n) is 7.48. The molecule has 14 heteroatoms. The summed E-state index contributed by atoms with van der Waals surface area (Å²) in [6, 6.07) is 18.7. The van der Waals surface area contributed by atoms with Gasteiger partial charge in [-0.3, -0.25) is 4.90 Å². The Hall–Kier alpha value is -4.56. The van der Waals surface area contributed by atoms with Crippen LogP contribution in [0.25, 0.3) is 17.1 Å². The van der Waals surface area contributed by atoms with Crippen LogP contribution in [0.2, 0.25) is 0 Å². The molecular weight excluding hydrogens is 645 g/mol. The Balaban J connectivity index is 1.18. The van der Waals surface area contributed by atoms with Crippen LogP contribution in [0.5, 0.6) is 11.5 Å². The number of halogens is 3. The lowest BCUT2D eigenvalue weighted by Gasteiger charge is -2.27. The number of carbonyl (C=O) groups excluding carboxylic acids is 1. The zero-order chi connectivity index (χ0) is 34.3. The third kappa shape index (κ3) is 9.28. The number of nitrogens with zero attached hydrogens (tertiary/aromatic N) is 5.